The van der Waals surface area contributed by atoms with E-state index >= 15 is 0 Å². The maximum Gasteiger partial charge on any atom is 0.401 e. The van der Waals surface area contributed by atoms with E-state index in [1.165, 1.54) is 10.8 Å². The zero-order chi connectivity index (χ0) is 19.1. The van der Waals surface area contributed by atoms with Gasteiger partial charge >= 0.3 is 8.56 Å². The fourth-order valence-electron chi connectivity index (χ4n) is 3.88. The van der Waals surface area contributed by atoms with Crippen LogP contribution in [0.4, 0.5) is 0 Å². The second-order valence-electron chi connectivity index (χ2n) is 6.95. The van der Waals surface area contributed by atoms with E-state index in [0.29, 0.717) is 10.4 Å². The zero-order valence-electron chi connectivity index (χ0n) is 15.2. The Morgan fingerprint density at radius 3 is 1.54 bits per heavy atom. The van der Waals surface area contributed by atoms with Gasteiger partial charge in [0.25, 0.3) is 0 Å². The Balaban J connectivity index is 1.66. The van der Waals surface area contributed by atoms with Gasteiger partial charge in [0, 0.05) is 16.5 Å². The number of nitrogens with zero attached hydrogens (tertiary/aromatic N) is 1. The number of fused-ring (bicyclic) bond motifs is 3. The third kappa shape index (κ3) is 2.59. The molecule has 0 amide bonds. The van der Waals surface area contributed by atoms with Gasteiger partial charge in [-0.3, -0.25) is 0 Å². The molecule has 3 nitrogen and oxygen atoms in total. The van der Waals surface area contributed by atoms with Gasteiger partial charge in [0.1, 0.15) is 0 Å². The minimum Gasteiger partial charge on any atom is -0.404 e. The van der Waals surface area contributed by atoms with Crippen molar-refractivity contribution in [3.8, 4) is 5.69 Å². The van der Waals surface area contributed by atoms with Crippen molar-refractivity contribution in [2.75, 3.05) is 0 Å². The molecular formula is C24H19NO2Si. The van der Waals surface area contributed by atoms with Gasteiger partial charge < -0.3 is 14.2 Å². The topological polar surface area (TPSA) is 45.4 Å². The molecule has 5 rings (SSSR count). The van der Waals surface area contributed by atoms with Crippen molar-refractivity contribution >= 4 is 40.7 Å². The number of para-hydroxylation sites is 2. The Bertz CT molecular complexity index is 1220. The highest BCUT2D eigenvalue weighted by atomic mass is 28.4. The molecule has 0 saturated carbocycles. The lowest BCUT2D eigenvalue weighted by molar-refractivity contribution is 0.401. The van der Waals surface area contributed by atoms with Crippen LogP contribution in [0, 0.1) is 0 Å². The molecule has 0 aliphatic heterocycles. The van der Waals surface area contributed by atoms with Gasteiger partial charge in [0.2, 0.25) is 0 Å². The molecule has 0 atom stereocenters. The first-order chi connectivity index (χ1) is 13.7. The average Bonchev–Trinajstić information content (AvgIpc) is 3.09. The van der Waals surface area contributed by atoms with Crippen LogP contribution in [-0.4, -0.2) is 22.7 Å². The summed E-state index contributed by atoms with van der Waals surface area (Å²) in [6.07, 6.45) is 0. The Hall–Kier alpha value is -3.18. The monoisotopic (exact) mass is 381 g/mol. The Labute approximate surface area is 164 Å². The van der Waals surface area contributed by atoms with E-state index < -0.39 is 8.56 Å². The smallest absolute Gasteiger partial charge is 0.401 e. The summed E-state index contributed by atoms with van der Waals surface area (Å²) in [6, 6.07) is 33.4. The van der Waals surface area contributed by atoms with E-state index in [1.54, 1.807) is 12.1 Å². The molecule has 2 N–H and O–H groups in total. The molecule has 1 aromatic heterocycles. The predicted octanol–water partition coefficient (Wildman–Crippen LogP) is 3.32. The first-order valence-corrected chi connectivity index (χ1v) is 11.1. The lowest BCUT2D eigenvalue weighted by Gasteiger charge is -2.19. The zero-order valence-corrected chi connectivity index (χ0v) is 16.2. The van der Waals surface area contributed by atoms with Gasteiger partial charge in [-0.2, -0.15) is 0 Å². The van der Waals surface area contributed by atoms with Crippen molar-refractivity contribution < 1.29 is 9.59 Å². The molecule has 4 aromatic carbocycles. The van der Waals surface area contributed by atoms with Crippen LogP contribution < -0.4 is 10.4 Å². The Kier molecular flexibility index (Phi) is 3.91. The molecule has 1 heterocycles. The highest BCUT2D eigenvalue weighted by Crippen LogP contribution is 2.31. The third-order valence-electron chi connectivity index (χ3n) is 5.28. The predicted molar refractivity (Wildman–Crippen MR) is 117 cm³/mol. The van der Waals surface area contributed by atoms with E-state index in [1.807, 2.05) is 54.6 Å². The molecule has 0 bridgehead atoms. The minimum absolute atomic E-state index is 0.572. The van der Waals surface area contributed by atoms with E-state index in [2.05, 4.69) is 41.0 Å². The largest absolute Gasteiger partial charge is 0.404 e. The van der Waals surface area contributed by atoms with Gasteiger partial charge in [-0.05, 0) is 34.6 Å². The van der Waals surface area contributed by atoms with Crippen molar-refractivity contribution in [2.45, 2.75) is 0 Å². The molecule has 0 spiro atoms. The Morgan fingerprint density at radius 1 is 0.500 bits per heavy atom. The van der Waals surface area contributed by atoms with Gasteiger partial charge in [-0.15, -0.1) is 0 Å². The van der Waals surface area contributed by atoms with Crippen LogP contribution in [0.5, 0.6) is 0 Å². The van der Waals surface area contributed by atoms with Gasteiger partial charge in [0.15, 0.2) is 0 Å². The van der Waals surface area contributed by atoms with Crippen molar-refractivity contribution in [2.24, 2.45) is 0 Å². The van der Waals surface area contributed by atoms with E-state index in [4.69, 9.17) is 0 Å². The van der Waals surface area contributed by atoms with E-state index in [0.717, 1.165) is 16.7 Å². The summed E-state index contributed by atoms with van der Waals surface area (Å²) in [6.45, 7) is 0. The number of hydrogen-bond acceptors (Lipinski definition) is 2. The summed E-state index contributed by atoms with van der Waals surface area (Å²) in [4.78, 5) is 21.6. The van der Waals surface area contributed by atoms with E-state index in [-0.39, 0.29) is 0 Å². The fourth-order valence-corrected chi connectivity index (χ4v) is 5.50. The van der Waals surface area contributed by atoms with Crippen LogP contribution in [0.2, 0.25) is 0 Å². The molecule has 0 radical (unpaired) electrons. The summed E-state index contributed by atoms with van der Waals surface area (Å²) >= 11 is 0. The summed E-state index contributed by atoms with van der Waals surface area (Å²) in [5, 5.41) is 3.57. The first-order valence-electron chi connectivity index (χ1n) is 9.25. The number of benzene rings is 4. The molecule has 0 saturated heterocycles. The SMILES string of the molecule is O[Si](O)(c1ccccc1)c1ccc(-n2c3ccccc3c3ccccc32)cc1. The van der Waals surface area contributed by atoms with Crippen LogP contribution in [0.15, 0.2) is 103 Å². The molecule has 5 aromatic rings. The average molecular weight is 382 g/mol. The molecule has 0 aliphatic carbocycles. The quantitative estimate of drug-likeness (QED) is 0.471. The maximum atomic E-state index is 10.8. The highest BCUT2D eigenvalue weighted by molar-refractivity contribution is 6.90. The summed E-state index contributed by atoms with van der Waals surface area (Å²) in [5.74, 6) is 0. The molecule has 0 fully saturated rings. The lowest BCUT2D eigenvalue weighted by Crippen LogP contribution is -2.59. The van der Waals surface area contributed by atoms with Gasteiger partial charge in [-0.1, -0.05) is 78.9 Å². The standard InChI is InChI=1S/C24H19NO2Si/c26-28(27,19-8-2-1-3-9-19)20-16-14-18(15-17-20)25-23-12-6-4-10-21(23)22-11-5-7-13-24(22)25/h1-17,26-27H. The first kappa shape index (κ1) is 17.0. The molecular weight excluding hydrogens is 362 g/mol. The van der Waals surface area contributed by atoms with Crippen molar-refractivity contribution in [3.05, 3.63) is 103 Å². The fraction of sp³-hybridized carbons (Fsp3) is 0. The van der Waals surface area contributed by atoms with Crippen molar-refractivity contribution in [3.63, 3.8) is 0 Å². The molecule has 0 aliphatic rings. The maximum absolute atomic E-state index is 10.8. The summed E-state index contributed by atoms with van der Waals surface area (Å²) < 4.78 is 2.22. The summed E-state index contributed by atoms with van der Waals surface area (Å²) in [5.41, 5.74) is 3.27. The molecule has 4 heteroatoms. The number of rotatable bonds is 3. The van der Waals surface area contributed by atoms with Crippen LogP contribution in [0.25, 0.3) is 27.5 Å². The lowest BCUT2D eigenvalue weighted by atomic mass is 10.2. The van der Waals surface area contributed by atoms with Gasteiger partial charge in [0.05, 0.1) is 11.0 Å². The molecule has 28 heavy (non-hydrogen) atoms. The van der Waals surface area contributed by atoms with Gasteiger partial charge in [-0.25, -0.2) is 0 Å². The molecule has 136 valence electrons. The highest BCUT2D eigenvalue weighted by Gasteiger charge is 2.34. The van der Waals surface area contributed by atoms with Crippen molar-refractivity contribution in [1.29, 1.82) is 0 Å². The van der Waals surface area contributed by atoms with Crippen LogP contribution in [0.1, 0.15) is 0 Å². The van der Waals surface area contributed by atoms with Crippen LogP contribution in [-0.2, 0) is 0 Å². The molecule has 0 unspecified atom stereocenters. The number of hydrogen-bond donors (Lipinski definition) is 2. The minimum atomic E-state index is -3.68. The number of aromatic nitrogens is 1. The second kappa shape index (κ2) is 6.46. The third-order valence-corrected chi connectivity index (χ3v) is 7.56. The van der Waals surface area contributed by atoms with Crippen molar-refractivity contribution in [1.82, 2.24) is 4.57 Å². The summed E-state index contributed by atoms with van der Waals surface area (Å²) in [7, 11) is -3.68. The Morgan fingerprint density at radius 2 is 0.964 bits per heavy atom. The normalized spacial score (nSPS) is 11.9. The van der Waals surface area contributed by atoms with Crippen LogP contribution in [0.3, 0.4) is 0 Å². The van der Waals surface area contributed by atoms with Crippen LogP contribution >= 0.6 is 0 Å². The second-order valence-corrected chi connectivity index (χ2v) is 9.45. The van der Waals surface area contributed by atoms with E-state index in [9.17, 15) is 9.59 Å².